The van der Waals surface area contributed by atoms with E-state index in [1.807, 2.05) is 30.3 Å². The van der Waals surface area contributed by atoms with E-state index < -0.39 is 0 Å². The van der Waals surface area contributed by atoms with Crippen LogP contribution in [0, 0.1) is 0 Å². The lowest BCUT2D eigenvalue weighted by Crippen LogP contribution is -2.11. The van der Waals surface area contributed by atoms with E-state index in [1.54, 1.807) is 0 Å². The van der Waals surface area contributed by atoms with Crippen molar-refractivity contribution in [3.63, 3.8) is 0 Å². The van der Waals surface area contributed by atoms with Gasteiger partial charge in [-0.3, -0.25) is 4.99 Å². The van der Waals surface area contributed by atoms with E-state index in [0.717, 1.165) is 11.4 Å². The lowest BCUT2D eigenvalue weighted by Gasteiger charge is -1.94. The van der Waals surface area contributed by atoms with Crippen molar-refractivity contribution >= 4 is 11.7 Å². The highest BCUT2D eigenvalue weighted by Crippen LogP contribution is 2.05. The van der Waals surface area contributed by atoms with Crippen LogP contribution in [0.25, 0.3) is 0 Å². The number of amidine groups is 2. The van der Waals surface area contributed by atoms with Gasteiger partial charge in [0.1, 0.15) is 5.84 Å². The summed E-state index contributed by atoms with van der Waals surface area (Å²) in [5.74, 6) is 1.34. The third-order valence-electron chi connectivity index (χ3n) is 1.67. The van der Waals surface area contributed by atoms with Gasteiger partial charge in [-0.15, -0.1) is 0 Å². The zero-order valence-electron chi connectivity index (χ0n) is 6.57. The molecule has 0 saturated carbocycles. The summed E-state index contributed by atoms with van der Waals surface area (Å²) in [4.78, 5) is 8.28. The minimum atomic E-state index is 0.532. The highest BCUT2D eigenvalue weighted by atomic mass is 15.0. The molecule has 2 rings (SSSR count). The van der Waals surface area contributed by atoms with E-state index >= 15 is 0 Å². The Labute approximate surface area is 70.7 Å². The molecule has 0 amide bonds. The number of nitrogens with two attached hydrogens (primary N) is 1. The fourth-order valence-corrected chi connectivity index (χ4v) is 1.11. The topological polar surface area (TPSA) is 50.7 Å². The molecule has 1 aliphatic heterocycles. The molecule has 0 unspecified atom stereocenters. The molecular formula is C9H9N3. The van der Waals surface area contributed by atoms with Gasteiger partial charge in [0, 0.05) is 5.56 Å². The molecule has 0 spiro atoms. The van der Waals surface area contributed by atoms with Gasteiger partial charge >= 0.3 is 0 Å². The van der Waals surface area contributed by atoms with Crippen molar-refractivity contribution in [1.82, 2.24) is 0 Å². The Morgan fingerprint density at radius 2 is 1.92 bits per heavy atom. The van der Waals surface area contributed by atoms with Crippen molar-refractivity contribution in [2.45, 2.75) is 0 Å². The number of hydrogen-bond acceptors (Lipinski definition) is 3. The van der Waals surface area contributed by atoms with Gasteiger partial charge in [0.25, 0.3) is 0 Å². The fourth-order valence-electron chi connectivity index (χ4n) is 1.11. The third kappa shape index (κ3) is 1.21. The molecule has 60 valence electrons. The van der Waals surface area contributed by atoms with Crippen LogP contribution in [0.5, 0.6) is 0 Å². The maximum Gasteiger partial charge on any atom is 0.157 e. The quantitative estimate of drug-likeness (QED) is 0.647. The molecule has 12 heavy (non-hydrogen) atoms. The highest BCUT2D eigenvalue weighted by molar-refractivity contribution is 6.10. The van der Waals surface area contributed by atoms with Gasteiger partial charge in [0.05, 0.1) is 6.54 Å². The molecule has 0 saturated heterocycles. The van der Waals surface area contributed by atoms with Crippen LogP contribution in [0.15, 0.2) is 40.3 Å². The first kappa shape index (κ1) is 7.03. The normalized spacial score (nSPS) is 15.7. The summed E-state index contributed by atoms with van der Waals surface area (Å²) in [6.45, 7) is 0.532. The summed E-state index contributed by atoms with van der Waals surface area (Å²) in [5.41, 5.74) is 6.52. The van der Waals surface area contributed by atoms with Gasteiger partial charge < -0.3 is 5.73 Å². The van der Waals surface area contributed by atoms with Crippen molar-refractivity contribution in [2.75, 3.05) is 6.54 Å². The SMILES string of the molecule is NC1=NC(c2ccccc2)=NC1. The summed E-state index contributed by atoms with van der Waals surface area (Å²) in [5, 5.41) is 0. The molecule has 3 heteroatoms. The molecule has 0 atom stereocenters. The van der Waals surface area contributed by atoms with Crippen molar-refractivity contribution in [1.29, 1.82) is 0 Å². The van der Waals surface area contributed by atoms with Crippen molar-refractivity contribution in [3.8, 4) is 0 Å². The molecule has 0 fully saturated rings. The second kappa shape index (κ2) is 2.77. The first-order valence-corrected chi connectivity index (χ1v) is 3.79. The summed E-state index contributed by atoms with van der Waals surface area (Å²) in [6, 6.07) is 9.83. The predicted octanol–water partition coefficient (Wildman–Crippen LogP) is 0.804. The van der Waals surface area contributed by atoms with E-state index in [0.29, 0.717) is 12.4 Å². The van der Waals surface area contributed by atoms with Crippen LogP contribution in [0.3, 0.4) is 0 Å². The maximum absolute atomic E-state index is 5.50. The molecule has 0 aliphatic carbocycles. The molecule has 2 N–H and O–H groups in total. The maximum atomic E-state index is 5.50. The zero-order chi connectivity index (χ0) is 8.39. The molecule has 1 heterocycles. The van der Waals surface area contributed by atoms with Crippen LogP contribution in [0.1, 0.15) is 5.56 Å². The zero-order valence-corrected chi connectivity index (χ0v) is 6.57. The Morgan fingerprint density at radius 3 is 2.50 bits per heavy atom. The van der Waals surface area contributed by atoms with Gasteiger partial charge in [-0.25, -0.2) is 4.99 Å². The lowest BCUT2D eigenvalue weighted by atomic mass is 10.2. The average molecular weight is 159 g/mol. The summed E-state index contributed by atoms with van der Waals surface area (Å²) in [6.07, 6.45) is 0. The monoisotopic (exact) mass is 159 g/mol. The average Bonchev–Trinajstić information content (AvgIpc) is 2.54. The molecular weight excluding hydrogens is 150 g/mol. The largest absolute Gasteiger partial charge is 0.386 e. The molecule has 1 aromatic carbocycles. The van der Waals surface area contributed by atoms with Crippen LogP contribution >= 0.6 is 0 Å². The van der Waals surface area contributed by atoms with Crippen molar-refractivity contribution in [2.24, 2.45) is 15.7 Å². The Balaban J connectivity index is 2.34. The third-order valence-corrected chi connectivity index (χ3v) is 1.67. The standard InChI is InChI=1S/C9H9N3/c10-8-6-11-9(12-8)7-4-2-1-3-5-7/h1-5H,6H2,(H2,10,11,12). The number of hydrogen-bond donors (Lipinski definition) is 1. The van der Waals surface area contributed by atoms with E-state index in [1.165, 1.54) is 0 Å². The molecule has 1 aromatic rings. The van der Waals surface area contributed by atoms with Gasteiger partial charge in [-0.05, 0) is 0 Å². The van der Waals surface area contributed by atoms with Crippen LogP contribution < -0.4 is 5.73 Å². The van der Waals surface area contributed by atoms with Crippen LogP contribution in [-0.4, -0.2) is 18.2 Å². The summed E-state index contributed by atoms with van der Waals surface area (Å²) < 4.78 is 0. The van der Waals surface area contributed by atoms with E-state index in [9.17, 15) is 0 Å². The van der Waals surface area contributed by atoms with Crippen LogP contribution in [0.4, 0.5) is 0 Å². The van der Waals surface area contributed by atoms with Crippen LogP contribution in [0.2, 0.25) is 0 Å². The second-order valence-electron chi connectivity index (χ2n) is 2.61. The van der Waals surface area contributed by atoms with Gasteiger partial charge in [-0.1, -0.05) is 30.3 Å². The molecule has 0 aromatic heterocycles. The minimum absolute atomic E-state index is 0.532. The van der Waals surface area contributed by atoms with E-state index in [4.69, 9.17) is 5.73 Å². The Bertz CT molecular complexity index is 338. The first-order valence-electron chi connectivity index (χ1n) is 3.79. The van der Waals surface area contributed by atoms with E-state index in [2.05, 4.69) is 9.98 Å². The Morgan fingerprint density at radius 1 is 1.17 bits per heavy atom. The fraction of sp³-hybridized carbons (Fsp3) is 0.111. The number of rotatable bonds is 1. The number of nitrogens with zero attached hydrogens (tertiary/aromatic N) is 2. The molecule has 0 radical (unpaired) electrons. The second-order valence-corrected chi connectivity index (χ2v) is 2.61. The summed E-state index contributed by atoms with van der Waals surface area (Å²) >= 11 is 0. The number of benzene rings is 1. The molecule has 3 nitrogen and oxygen atoms in total. The minimum Gasteiger partial charge on any atom is -0.386 e. The van der Waals surface area contributed by atoms with E-state index in [-0.39, 0.29) is 0 Å². The predicted molar refractivity (Wildman–Crippen MR) is 49.5 cm³/mol. The smallest absolute Gasteiger partial charge is 0.157 e. The Kier molecular flexibility index (Phi) is 1.63. The van der Waals surface area contributed by atoms with Crippen molar-refractivity contribution < 1.29 is 0 Å². The number of aliphatic imine (C=N–C) groups is 2. The first-order chi connectivity index (χ1) is 5.86. The molecule has 0 bridgehead atoms. The van der Waals surface area contributed by atoms with Gasteiger partial charge in [-0.2, -0.15) is 0 Å². The van der Waals surface area contributed by atoms with Gasteiger partial charge in [0.15, 0.2) is 5.84 Å². The molecule has 1 aliphatic rings. The highest BCUT2D eigenvalue weighted by Gasteiger charge is 2.07. The van der Waals surface area contributed by atoms with Crippen LogP contribution in [-0.2, 0) is 0 Å². The van der Waals surface area contributed by atoms with Crippen molar-refractivity contribution in [3.05, 3.63) is 35.9 Å². The Hall–Kier alpha value is -1.64. The van der Waals surface area contributed by atoms with Gasteiger partial charge in [0.2, 0.25) is 0 Å². The lowest BCUT2D eigenvalue weighted by molar-refractivity contribution is 1.31. The summed E-state index contributed by atoms with van der Waals surface area (Å²) in [7, 11) is 0.